The Hall–Kier alpha value is -1.07. The predicted molar refractivity (Wildman–Crippen MR) is 72.5 cm³/mol. The van der Waals surface area contributed by atoms with Gasteiger partial charge in [0.1, 0.15) is 5.75 Å². The first-order valence-electron chi connectivity index (χ1n) is 6.12. The summed E-state index contributed by atoms with van der Waals surface area (Å²) in [7, 11) is -1.65. The molecule has 0 aliphatic rings. The van der Waals surface area contributed by atoms with Crippen LogP contribution in [0, 0.1) is 0 Å². The van der Waals surface area contributed by atoms with Gasteiger partial charge in [-0.2, -0.15) is 0 Å². The number of nitrogens with two attached hydrogens (primary N) is 1. The van der Waals surface area contributed by atoms with Gasteiger partial charge in [-0.25, -0.2) is 8.42 Å². The van der Waals surface area contributed by atoms with E-state index in [1.54, 1.807) is 31.4 Å². The third kappa shape index (κ3) is 4.31. The predicted octanol–water partition coefficient (Wildman–Crippen LogP) is 1.99. The monoisotopic (exact) mass is 271 g/mol. The Kier molecular flexibility index (Phi) is 5.62. The first-order chi connectivity index (χ1) is 8.49. The topological polar surface area (TPSA) is 69.4 Å². The second-order valence-corrected chi connectivity index (χ2v) is 6.41. The van der Waals surface area contributed by atoms with E-state index >= 15 is 0 Å². The van der Waals surface area contributed by atoms with E-state index in [4.69, 9.17) is 10.5 Å². The van der Waals surface area contributed by atoms with Crippen LogP contribution in [0.4, 0.5) is 0 Å². The first-order valence-corrected chi connectivity index (χ1v) is 7.77. The molecule has 102 valence electrons. The molecule has 0 saturated carbocycles. The maximum atomic E-state index is 12.0. The average Bonchev–Trinajstić information content (AvgIpc) is 2.38. The lowest BCUT2D eigenvalue weighted by atomic mass is 10.1. The SMILES string of the molecule is CCC(N)CCCS(=O)(=O)c1ccc(OC)cc1. The van der Waals surface area contributed by atoms with Crippen molar-refractivity contribution in [2.24, 2.45) is 5.73 Å². The molecule has 0 aromatic heterocycles. The molecule has 2 N–H and O–H groups in total. The van der Waals surface area contributed by atoms with Crippen molar-refractivity contribution in [1.82, 2.24) is 0 Å². The molecule has 1 rings (SSSR count). The van der Waals surface area contributed by atoms with Crippen LogP contribution >= 0.6 is 0 Å². The van der Waals surface area contributed by atoms with Gasteiger partial charge >= 0.3 is 0 Å². The van der Waals surface area contributed by atoms with Crippen LogP contribution in [0.3, 0.4) is 0 Å². The molecule has 0 spiro atoms. The summed E-state index contributed by atoms with van der Waals surface area (Å²) in [5, 5.41) is 0. The number of ether oxygens (including phenoxy) is 1. The van der Waals surface area contributed by atoms with Crippen LogP contribution in [-0.4, -0.2) is 27.3 Å². The van der Waals surface area contributed by atoms with Crippen molar-refractivity contribution in [2.75, 3.05) is 12.9 Å². The van der Waals surface area contributed by atoms with E-state index in [1.165, 1.54) is 0 Å². The molecular formula is C13H21NO3S. The quantitative estimate of drug-likeness (QED) is 0.823. The van der Waals surface area contributed by atoms with Crippen molar-refractivity contribution in [3.05, 3.63) is 24.3 Å². The van der Waals surface area contributed by atoms with Crippen molar-refractivity contribution < 1.29 is 13.2 Å². The Labute approximate surface area is 109 Å². The normalized spacial score (nSPS) is 13.3. The van der Waals surface area contributed by atoms with Gasteiger partial charge in [-0.05, 0) is 43.5 Å². The molecule has 1 aromatic carbocycles. The highest BCUT2D eigenvalue weighted by Crippen LogP contribution is 2.17. The zero-order valence-electron chi connectivity index (χ0n) is 10.9. The Bertz CT molecular complexity index is 454. The van der Waals surface area contributed by atoms with Gasteiger partial charge in [0.25, 0.3) is 0 Å². The van der Waals surface area contributed by atoms with Gasteiger partial charge in [-0.3, -0.25) is 0 Å². The lowest BCUT2D eigenvalue weighted by molar-refractivity contribution is 0.414. The molecule has 0 fully saturated rings. The lowest BCUT2D eigenvalue weighted by Crippen LogP contribution is -2.19. The molecular weight excluding hydrogens is 250 g/mol. The molecule has 1 unspecified atom stereocenters. The van der Waals surface area contributed by atoms with Gasteiger partial charge in [-0.1, -0.05) is 6.92 Å². The third-order valence-electron chi connectivity index (χ3n) is 2.93. The van der Waals surface area contributed by atoms with Gasteiger partial charge < -0.3 is 10.5 Å². The summed E-state index contributed by atoms with van der Waals surface area (Å²) in [4.78, 5) is 0.341. The van der Waals surface area contributed by atoms with E-state index in [-0.39, 0.29) is 11.8 Å². The molecule has 0 saturated heterocycles. The summed E-state index contributed by atoms with van der Waals surface area (Å²) in [5.74, 6) is 0.800. The van der Waals surface area contributed by atoms with Crippen molar-refractivity contribution in [3.63, 3.8) is 0 Å². The maximum Gasteiger partial charge on any atom is 0.178 e. The van der Waals surface area contributed by atoms with Crippen LogP contribution < -0.4 is 10.5 Å². The van der Waals surface area contributed by atoms with E-state index in [1.807, 2.05) is 6.92 Å². The van der Waals surface area contributed by atoms with E-state index in [9.17, 15) is 8.42 Å². The molecule has 0 radical (unpaired) electrons. The van der Waals surface area contributed by atoms with Crippen molar-refractivity contribution in [2.45, 2.75) is 37.1 Å². The van der Waals surface area contributed by atoms with E-state index in [0.717, 1.165) is 12.8 Å². The van der Waals surface area contributed by atoms with Crippen LogP contribution in [0.1, 0.15) is 26.2 Å². The summed E-state index contributed by atoms with van der Waals surface area (Å²) in [6, 6.07) is 6.56. The van der Waals surface area contributed by atoms with Crippen LogP contribution in [0.25, 0.3) is 0 Å². The largest absolute Gasteiger partial charge is 0.497 e. The molecule has 18 heavy (non-hydrogen) atoms. The average molecular weight is 271 g/mol. The van der Waals surface area contributed by atoms with E-state index in [0.29, 0.717) is 17.1 Å². The summed E-state index contributed by atoms with van der Waals surface area (Å²) in [5.41, 5.74) is 5.77. The zero-order chi connectivity index (χ0) is 13.6. The summed E-state index contributed by atoms with van der Waals surface area (Å²) >= 11 is 0. The van der Waals surface area contributed by atoms with Crippen LogP contribution in [0.15, 0.2) is 29.2 Å². The van der Waals surface area contributed by atoms with E-state index in [2.05, 4.69) is 0 Å². The van der Waals surface area contributed by atoms with Crippen LogP contribution in [-0.2, 0) is 9.84 Å². The third-order valence-corrected chi connectivity index (χ3v) is 4.75. The van der Waals surface area contributed by atoms with Crippen LogP contribution in [0.5, 0.6) is 5.75 Å². The zero-order valence-corrected chi connectivity index (χ0v) is 11.7. The highest BCUT2D eigenvalue weighted by atomic mass is 32.2. The van der Waals surface area contributed by atoms with Gasteiger partial charge in [-0.15, -0.1) is 0 Å². The Balaban J connectivity index is 2.62. The minimum absolute atomic E-state index is 0.0936. The fraction of sp³-hybridized carbons (Fsp3) is 0.538. The van der Waals surface area contributed by atoms with Crippen LogP contribution in [0.2, 0.25) is 0 Å². The molecule has 0 amide bonds. The Morgan fingerprint density at radius 3 is 2.39 bits per heavy atom. The molecule has 1 aromatic rings. The maximum absolute atomic E-state index is 12.0. The van der Waals surface area contributed by atoms with Crippen molar-refractivity contribution in [1.29, 1.82) is 0 Å². The second-order valence-electron chi connectivity index (χ2n) is 4.30. The molecule has 0 heterocycles. The molecule has 0 aliphatic heterocycles. The van der Waals surface area contributed by atoms with Gasteiger partial charge in [0.15, 0.2) is 9.84 Å². The molecule has 1 atom stereocenters. The smallest absolute Gasteiger partial charge is 0.178 e. The standard InChI is InChI=1S/C13H21NO3S/c1-3-11(14)5-4-10-18(15,16)13-8-6-12(17-2)7-9-13/h6-9,11H,3-5,10,14H2,1-2H3. The fourth-order valence-electron chi connectivity index (χ4n) is 1.64. The number of sulfone groups is 1. The molecule has 0 bridgehead atoms. The lowest BCUT2D eigenvalue weighted by Gasteiger charge is -2.09. The van der Waals surface area contributed by atoms with Crippen molar-refractivity contribution in [3.8, 4) is 5.75 Å². The molecule has 5 heteroatoms. The Morgan fingerprint density at radius 2 is 1.89 bits per heavy atom. The first kappa shape index (κ1) is 15.0. The highest BCUT2D eigenvalue weighted by Gasteiger charge is 2.14. The highest BCUT2D eigenvalue weighted by molar-refractivity contribution is 7.91. The fourth-order valence-corrected chi connectivity index (χ4v) is 2.97. The van der Waals surface area contributed by atoms with Gasteiger partial charge in [0.05, 0.1) is 17.8 Å². The Morgan fingerprint density at radius 1 is 1.28 bits per heavy atom. The summed E-state index contributed by atoms with van der Waals surface area (Å²) < 4.78 is 29.0. The molecule has 4 nitrogen and oxygen atoms in total. The minimum atomic E-state index is -3.20. The van der Waals surface area contributed by atoms with E-state index < -0.39 is 9.84 Å². The van der Waals surface area contributed by atoms with Crippen molar-refractivity contribution >= 4 is 9.84 Å². The van der Waals surface area contributed by atoms with Gasteiger partial charge in [0.2, 0.25) is 0 Å². The number of methoxy groups -OCH3 is 1. The molecule has 0 aliphatic carbocycles. The summed E-state index contributed by atoms with van der Waals surface area (Å²) in [6.45, 7) is 2.00. The number of hydrogen-bond acceptors (Lipinski definition) is 4. The summed E-state index contributed by atoms with van der Waals surface area (Å²) in [6.07, 6.45) is 2.22. The van der Waals surface area contributed by atoms with Gasteiger partial charge in [0, 0.05) is 6.04 Å². The number of hydrogen-bond donors (Lipinski definition) is 1. The second kappa shape index (κ2) is 6.75. The minimum Gasteiger partial charge on any atom is -0.497 e. The number of rotatable bonds is 7. The number of benzene rings is 1.